The maximum Gasteiger partial charge on any atom is 0.337 e. The number of aliphatic hydroxyl groups excluding tert-OH is 2. The number of hydrogen-bond donors (Lipinski definition) is 5. The van der Waals surface area contributed by atoms with E-state index in [0.29, 0.717) is 30.2 Å². The van der Waals surface area contributed by atoms with Gasteiger partial charge in [-0.1, -0.05) is 78.8 Å². The molecular weight excluding hydrogens is 745 g/mol. The number of aliphatic hydroxyl groups is 2. The van der Waals surface area contributed by atoms with Gasteiger partial charge < -0.3 is 25.2 Å². The second-order valence-corrected chi connectivity index (χ2v) is 20.4. The number of nitrogens with one attached hydrogen (secondary N) is 1. The van der Waals surface area contributed by atoms with Crippen LogP contribution in [-0.4, -0.2) is 87.8 Å². The Morgan fingerprint density at radius 2 is 1.62 bits per heavy atom. The summed E-state index contributed by atoms with van der Waals surface area (Å²) in [6.45, 7) is 26.3. The Morgan fingerprint density at radius 3 is 2.22 bits per heavy atom. The van der Waals surface area contributed by atoms with Crippen LogP contribution in [0.15, 0.2) is 42.5 Å². The van der Waals surface area contributed by atoms with Gasteiger partial charge in [0.25, 0.3) is 0 Å². The zero-order valence-corrected chi connectivity index (χ0v) is 37.8. The lowest BCUT2D eigenvalue weighted by atomic mass is 9.31. The highest BCUT2D eigenvalue weighted by Gasteiger charge is 2.75. The van der Waals surface area contributed by atoms with Crippen molar-refractivity contribution in [2.75, 3.05) is 44.8 Å². The molecule has 7 unspecified atom stereocenters. The summed E-state index contributed by atoms with van der Waals surface area (Å²) in [5.74, 6) is 2.80. The van der Waals surface area contributed by atoms with Crippen molar-refractivity contribution in [3.8, 4) is 0 Å². The topological polar surface area (TPSA) is 99.1 Å². The first-order valence-corrected chi connectivity index (χ1v) is 24.1. The van der Waals surface area contributed by atoms with Gasteiger partial charge in [0.1, 0.15) is 0 Å². The molecule has 3 N–H and O–H groups in total. The molecule has 5 fully saturated rings. The van der Waals surface area contributed by atoms with Crippen molar-refractivity contribution in [1.82, 2.24) is 10.2 Å². The molecular formula is C45H72N2O5S3. The molecule has 0 radical (unpaired) electrons. The van der Waals surface area contributed by atoms with E-state index in [2.05, 4.69) is 87.7 Å². The molecule has 7 nitrogen and oxygen atoms in total. The van der Waals surface area contributed by atoms with Crippen LogP contribution in [0, 0.1) is 51.2 Å². The molecule has 10 heteroatoms. The summed E-state index contributed by atoms with van der Waals surface area (Å²) in [5.41, 5.74) is 2.98. The van der Waals surface area contributed by atoms with E-state index in [1.54, 1.807) is 0 Å². The summed E-state index contributed by atoms with van der Waals surface area (Å²) in [4.78, 5) is 14.6. The van der Waals surface area contributed by atoms with E-state index in [1.807, 2.05) is 38.1 Å². The van der Waals surface area contributed by atoms with Crippen molar-refractivity contribution in [3.63, 3.8) is 0 Å². The predicted octanol–water partition coefficient (Wildman–Crippen LogP) is 8.26. The van der Waals surface area contributed by atoms with Gasteiger partial charge in [0.2, 0.25) is 0 Å². The second-order valence-electron chi connectivity index (χ2n) is 18.7. The number of thiol groups is 2. The monoisotopic (exact) mass is 816 g/mol. The first-order chi connectivity index (χ1) is 26.0. The number of fused-ring (bicyclic) bond motifs is 7. The fourth-order valence-corrected chi connectivity index (χ4v) is 15.0. The van der Waals surface area contributed by atoms with Gasteiger partial charge in [0.15, 0.2) is 0 Å². The SMILES string of the molecule is C=C(C)[C@@H]1CCC2(NCCN3CCS(=O)CC3)C[C@H](O)[C@]3(C)C(CCC4C5(C)CC=C(c6ccc(C(=O)OC)cc6)C(C)(C)C5CC(O)C43C)[C@@H]12.CC.SS. The quantitative estimate of drug-likeness (QED) is 0.0819. The van der Waals surface area contributed by atoms with Crippen LogP contribution in [0.4, 0.5) is 0 Å². The number of carbonyl (C=O) groups excluding carboxylic acids is 1. The van der Waals surface area contributed by atoms with Crippen molar-refractivity contribution in [1.29, 1.82) is 0 Å². The van der Waals surface area contributed by atoms with Crippen molar-refractivity contribution < 1.29 is 24.0 Å². The Morgan fingerprint density at radius 1 is 0.982 bits per heavy atom. The van der Waals surface area contributed by atoms with E-state index in [1.165, 1.54) is 18.3 Å². The van der Waals surface area contributed by atoms with Gasteiger partial charge in [-0.3, -0.25) is 4.21 Å². The summed E-state index contributed by atoms with van der Waals surface area (Å²) < 4.78 is 16.9. The number of methoxy groups -OCH3 is 1. The molecule has 0 amide bonds. The molecule has 0 spiro atoms. The first kappa shape index (κ1) is 45.0. The molecule has 0 bridgehead atoms. The lowest BCUT2D eigenvalue weighted by Crippen LogP contribution is -2.75. The Hall–Kier alpha value is -1.14. The lowest BCUT2D eigenvalue weighted by molar-refractivity contribution is -0.289. The van der Waals surface area contributed by atoms with E-state index < -0.39 is 33.8 Å². The average molecular weight is 817 g/mol. The summed E-state index contributed by atoms with van der Waals surface area (Å²) in [6, 6.07) is 7.81. The molecule has 1 saturated heterocycles. The summed E-state index contributed by atoms with van der Waals surface area (Å²) in [6.07, 6.45) is 8.03. The van der Waals surface area contributed by atoms with Crippen LogP contribution >= 0.6 is 23.3 Å². The largest absolute Gasteiger partial charge is 0.465 e. The molecule has 7 rings (SSSR count). The zero-order chi connectivity index (χ0) is 40.7. The number of nitrogens with zero attached hydrogens (tertiary/aromatic N) is 1. The number of rotatable bonds is 7. The molecule has 4 saturated carbocycles. The van der Waals surface area contributed by atoms with Gasteiger partial charge in [-0.05, 0) is 116 Å². The highest BCUT2D eigenvalue weighted by Crippen LogP contribution is 2.76. The van der Waals surface area contributed by atoms with Gasteiger partial charge in [-0.2, -0.15) is 0 Å². The smallest absolute Gasteiger partial charge is 0.337 e. The molecule has 6 aliphatic rings. The Labute approximate surface area is 346 Å². The maximum absolute atomic E-state index is 12.7. The van der Waals surface area contributed by atoms with Crippen LogP contribution in [0.25, 0.3) is 5.57 Å². The molecule has 55 heavy (non-hydrogen) atoms. The summed E-state index contributed by atoms with van der Waals surface area (Å²) >= 11 is 6.44. The van der Waals surface area contributed by atoms with Crippen LogP contribution in [-0.2, 0) is 15.5 Å². The number of hydrogen-bond acceptors (Lipinski definition) is 9. The Kier molecular flexibility index (Phi) is 14.1. The zero-order valence-electron chi connectivity index (χ0n) is 35.2. The lowest BCUT2D eigenvalue weighted by Gasteiger charge is -2.74. The first-order valence-electron chi connectivity index (χ1n) is 21.0. The number of allylic oxidation sites excluding steroid dienone is 3. The second kappa shape index (κ2) is 17.2. The summed E-state index contributed by atoms with van der Waals surface area (Å²) in [7, 11) is 0.735. The van der Waals surface area contributed by atoms with Crippen LogP contribution in [0.2, 0.25) is 0 Å². The molecule has 5 aliphatic carbocycles. The third-order valence-electron chi connectivity index (χ3n) is 16.6. The fraction of sp³-hybridized carbons (Fsp3) is 0.756. The van der Waals surface area contributed by atoms with Crippen molar-refractivity contribution in [2.24, 2.45) is 51.2 Å². The van der Waals surface area contributed by atoms with E-state index >= 15 is 0 Å². The van der Waals surface area contributed by atoms with Crippen molar-refractivity contribution in [3.05, 3.63) is 53.6 Å². The van der Waals surface area contributed by atoms with E-state index in [4.69, 9.17) is 4.74 Å². The van der Waals surface area contributed by atoms with E-state index in [-0.39, 0.29) is 40.1 Å². The fourth-order valence-electron chi connectivity index (χ4n) is 13.8. The van der Waals surface area contributed by atoms with Crippen molar-refractivity contribution in [2.45, 2.75) is 118 Å². The third kappa shape index (κ3) is 7.30. The van der Waals surface area contributed by atoms with Gasteiger partial charge in [-0.15, -0.1) is 23.3 Å². The Bertz CT molecular complexity index is 1590. The van der Waals surface area contributed by atoms with E-state index in [0.717, 1.165) is 75.4 Å². The normalized spacial score (nSPS) is 40.7. The van der Waals surface area contributed by atoms with Crippen LogP contribution in [0.1, 0.15) is 116 Å². The number of esters is 1. The highest BCUT2D eigenvalue weighted by molar-refractivity contribution is 8.59. The standard InChI is InChI=1S/C43H64N2O5S.C2H6.H2S2/c1-27(2)30-15-18-43(44-19-20-45-21-23-51(49)24-22-45)26-36(47)41(6)32(37(30)43)13-14-33-40(5)17-16-31(28-9-11-29(12-10-28)38(48)50-8)39(3,4)34(40)25-35(46)42(33,41)7;2*1-2/h9-12,16,30,32-37,44,46-47H,1,13-15,17-26H2,2-8H3;1-2H3;1-2H/t30-,32?,33?,34?,35?,36-,37+,40?,41-,42?,43?;;/m0../s1. The molecule has 11 atom stereocenters. The minimum absolute atomic E-state index is 0.0328. The Balaban J connectivity index is 0.00000140. The van der Waals surface area contributed by atoms with Crippen LogP contribution in [0.5, 0.6) is 0 Å². The number of carbonyl (C=O) groups is 1. The average Bonchev–Trinajstić information content (AvgIpc) is 3.55. The minimum Gasteiger partial charge on any atom is -0.465 e. The number of ether oxygens (including phenoxy) is 1. The van der Waals surface area contributed by atoms with Gasteiger partial charge in [0.05, 0.1) is 24.9 Å². The molecule has 310 valence electrons. The van der Waals surface area contributed by atoms with Crippen LogP contribution < -0.4 is 5.32 Å². The molecule has 1 heterocycles. The molecule has 1 aromatic rings. The van der Waals surface area contributed by atoms with Crippen LogP contribution in [0.3, 0.4) is 0 Å². The third-order valence-corrected chi connectivity index (χ3v) is 17.8. The minimum atomic E-state index is -0.677. The number of benzene rings is 1. The molecule has 0 aromatic heterocycles. The molecule has 1 aromatic carbocycles. The predicted molar refractivity (Wildman–Crippen MR) is 235 cm³/mol. The summed E-state index contributed by atoms with van der Waals surface area (Å²) in [5, 5.41) is 29.5. The molecule has 1 aliphatic heterocycles. The maximum atomic E-state index is 12.7. The van der Waals surface area contributed by atoms with Gasteiger partial charge in [-0.25, -0.2) is 4.79 Å². The van der Waals surface area contributed by atoms with Gasteiger partial charge >= 0.3 is 5.97 Å². The highest BCUT2D eigenvalue weighted by atomic mass is 33.1. The van der Waals surface area contributed by atoms with Crippen molar-refractivity contribution >= 4 is 45.7 Å². The van der Waals surface area contributed by atoms with Gasteiger partial charge in [0, 0.05) is 64.9 Å². The van der Waals surface area contributed by atoms with E-state index in [9.17, 15) is 19.2 Å².